The number of carbonyl (C=O) groups is 1. The Morgan fingerprint density at radius 2 is 2.19 bits per heavy atom. The molecule has 1 heterocycles. The average Bonchev–Trinajstić information content (AvgIpc) is 2.40. The van der Waals surface area contributed by atoms with Crippen molar-refractivity contribution >= 4 is 37.7 Å². The second kappa shape index (κ2) is 7.71. The van der Waals surface area contributed by atoms with Gasteiger partial charge < -0.3 is 11.1 Å². The zero-order valence-corrected chi connectivity index (χ0v) is 14.3. The van der Waals surface area contributed by atoms with Crippen molar-refractivity contribution in [1.82, 2.24) is 15.0 Å². The van der Waals surface area contributed by atoms with Gasteiger partial charge in [-0.2, -0.15) is 0 Å². The van der Waals surface area contributed by atoms with Crippen LogP contribution in [0.2, 0.25) is 0 Å². The molecule has 0 saturated carbocycles. The van der Waals surface area contributed by atoms with Gasteiger partial charge in [0.2, 0.25) is 15.9 Å². The van der Waals surface area contributed by atoms with Crippen LogP contribution in [0.15, 0.2) is 21.6 Å². The molecule has 0 radical (unpaired) electrons. The quantitative estimate of drug-likeness (QED) is 0.654. The maximum Gasteiger partial charge on any atom is 0.244 e. The summed E-state index contributed by atoms with van der Waals surface area (Å²) in [7, 11) is -3.79. The third kappa shape index (κ3) is 5.60. The van der Waals surface area contributed by atoms with Crippen molar-refractivity contribution in [3.05, 3.63) is 16.7 Å². The van der Waals surface area contributed by atoms with Gasteiger partial charge >= 0.3 is 0 Å². The fourth-order valence-electron chi connectivity index (χ4n) is 1.47. The number of nitrogens with two attached hydrogens (primary N) is 1. The molecule has 0 spiro atoms. The van der Waals surface area contributed by atoms with Gasteiger partial charge in [0.1, 0.15) is 10.7 Å². The predicted molar refractivity (Wildman–Crippen MR) is 84.1 cm³/mol. The SMILES string of the molecule is CC[C@H](C)NC(=O)CCNS(=O)(=O)c1cc(Br)cnc1N. The summed E-state index contributed by atoms with van der Waals surface area (Å²) in [5, 5.41) is 2.76. The maximum atomic E-state index is 12.1. The van der Waals surface area contributed by atoms with E-state index in [0.29, 0.717) is 4.47 Å². The summed E-state index contributed by atoms with van der Waals surface area (Å²) >= 11 is 3.14. The third-order valence-electron chi connectivity index (χ3n) is 2.80. The first-order valence-corrected chi connectivity index (χ1v) is 8.74. The first kappa shape index (κ1) is 17.9. The number of aromatic nitrogens is 1. The number of amides is 1. The standard InChI is InChI=1S/C12H19BrN4O3S/c1-3-8(2)17-11(18)4-5-16-21(19,20)10-6-9(13)7-15-12(10)14/h6-8,16H,3-5H2,1-2H3,(H2,14,15)(H,17,18)/t8-/m0/s1. The molecule has 7 nitrogen and oxygen atoms in total. The number of hydrogen-bond donors (Lipinski definition) is 3. The van der Waals surface area contributed by atoms with Crippen LogP contribution in [0.4, 0.5) is 5.82 Å². The number of sulfonamides is 1. The van der Waals surface area contributed by atoms with Crippen LogP contribution in [-0.2, 0) is 14.8 Å². The summed E-state index contributed by atoms with van der Waals surface area (Å²) in [6.07, 6.45) is 2.29. The van der Waals surface area contributed by atoms with Crippen molar-refractivity contribution < 1.29 is 13.2 Å². The minimum Gasteiger partial charge on any atom is -0.383 e. The van der Waals surface area contributed by atoms with Crippen LogP contribution in [-0.4, -0.2) is 31.9 Å². The molecule has 1 atom stereocenters. The van der Waals surface area contributed by atoms with E-state index in [-0.39, 0.29) is 35.6 Å². The summed E-state index contributed by atoms with van der Waals surface area (Å²) in [6.45, 7) is 3.84. The molecular formula is C12H19BrN4O3S. The zero-order chi connectivity index (χ0) is 16.0. The molecule has 0 aromatic carbocycles. The van der Waals surface area contributed by atoms with E-state index >= 15 is 0 Å². The van der Waals surface area contributed by atoms with Gasteiger partial charge in [0.15, 0.2) is 0 Å². The Kier molecular flexibility index (Phi) is 6.56. The van der Waals surface area contributed by atoms with Crippen molar-refractivity contribution in [1.29, 1.82) is 0 Å². The molecule has 0 unspecified atom stereocenters. The summed E-state index contributed by atoms with van der Waals surface area (Å²) in [5.74, 6) is -0.290. The second-order valence-corrected chi connectivity index (χ2v) is 7.21. The highest BCUT2D eigenvalue weighted by atomic mass is 79.9. The molecule has 0 fully saturated rings. The number of carbonyl (C=O) groups excluding carboxylic acids is 1. The van der Waals surface area contributed by atoms with Crippen molar-refractivity contribution in [3.63, 3.8) is 0 Å². The molecule has 21 heavy (non-hydrogen) atoms. The largest absolute Gasteiger partial charge is 0.383 e. The van der Waals surface area contributed by atoms with E-state index in [1.54, 1.807) is 0 Å². The van der Waals surface area contributed by atoms with Gasteiger partial charge in [-0.15, -0.1) is 0 Å². The highest BCUT2D eigenvalue weighted by Crippen LogP contribution is 2.20. The molecule has 0 saturated heterocycles. The molecular weight excluding hydrogens is 360 g/mol. The number of nitrogen functional groups attached to an aromatic ring is 1. The van der Waals surface area contributed by atoms with Gasteiger partial charge in [-0.3, -0.25) is 4.79 Å². The van der Waals surface area contributed by atoms with Crippen LogP contribution in [0, 0.1) is 0 Å². The number of rotatable bonds is 7. The number of hydrogen-bond acceptors (Lipinski definition) is 5. The maximum absolute atomic E-state index is 12.1. The number of halogens is 1. The Labute approximate surface area is 132 Å². The zero-order valence-electron chi connectivity index (χ0n) is 11.9. The molecule has 0 aliphatic carbocycles. The van der Waals surface area contributed by atoms with Crippen molar-refractivity contribution in [2.45, 2.75) is 37.6 Å². The molecule has 0 aliphatic heterocycles. The molecule has 118 valence electrons. The molecule has 4 N–H and O–H groups in total. The average molecular weight is 379 g/mol. The van der Waals surface area contributed by atoms with Crippen LogP contribution in [0.1, 0.15) is 26.7 Å². The van der Waals surface area contributed by atoms with E-state index in [4.69, 9.17) is 5.73 Å². The minimum absolute atomic E-state index is 0.00342. The lowest BCUT2D eigenvalue weighted by molar-refractivity contribution is -0.121. The Hall–Kier alpha value is -1.19. The predicted octanol–water partition coefficient (Wildman–Crippen LogP) is 1.01. The van der Waals surface area contributed by atoms with Gasteiger partial charge in [0.25, 0.3) is 0 Å². The number of nitrogens with one attached hydrogen (secondary N) is 2. The van der Waals surface area contributed by atoms with Gasteiger partial charge in [-0.25, -0.2) is 18.1 Å². The Morgan fingerprint density at radius 1 is 1.52 bits per heavy atom. The minimum atomic E-state index is -3.79. The van der Waals surface area contributed by atoms with Crippen molar-refractivity contribution in [3.8, 4) is 0 Å². The van der Waals surface area contributed by atoms with Gasteiger partial charge in [0.05, 0.1) is 0 Å². The van der Waals surface area contributed by atoms with E-state index in [9.17, 15) is 13.2 Å². The number of nitrogens with zero attached hydrogens (tertiary/aromatic N) is 1. The van der Waals surface area contributed by atoms with Gasteiger partial charge in [-0.1, -0.05) is 6.92 Å². The topological polar surface area (TPSA) is 114 Å². The van der Waals surface area contributed by atoms with Gasteiger partial charge in [-0.05, 0) is 35.3 Å². The molecule has 1 aromatic rings. The molecule has 0 aliphatic rings. The lowest BCUT2D eigenvalue weighted by Crippen LogP contribution is -2.35. The summed E-state index contributed by atoms with van der Waals surface area (Å²) in [5.41, 5.74) is 5.56. The fraction of sp³-hybridized carbons (Fsp3) is 0.500. The van der Waals surface area contributed by atoms with Crippen LogP contribution in [0.25, 0.3) is 0 Å². The molecule has 1 aromatic heterocycles. The van der Waals surface area contributed by atoms with E-state index in [0.717, 1.165) is 6.42 Å². The van der Waals surface area contributed by atoms with Crippen molar-refractivity contribution in [2.24, 2.45) is 0 Å². The van der Waals surface area contributed by atoms with Gasteiger partial charge in [0, 0.05) is 29.7 Å². The lowest BCUT2D eigenvalue weighted by atomic mass is 10.2. The van der Waals surface area contributed by atoms with E-state index in [1.807, 2.05) is 13.8 Å². The number of pyridine rings is 1. The smallest absolute Gasteiger partial charge is 0.244 e. The van der Waals surface area contributed by atoms with E-state index in [2.05, 4.69) is 31.0 Å². The highest BCUT2D eigenvalue weighted by Gasteiger charge is 2.19. The summed E-state index contributed by atoms with van der Waals surface area (Å²) < 4.78 is 27.0. The summed E-state index contributed by atoms with van der Waals surface area (Å²) in [4.78, 5) is 15.2. The second-order valence-electron chi connectivity index (χ2n) is 4.56. The molecule has 9 heteroatoms. The molecule has 1 rings (SSSR count). The van der Waals surface area contributed by atoms with Crippen LogP contribution in [0.5, 0.6) is 0 Å². The first-order valence-electron chi connectivity index (χ1n) is 6.46. The van der Waals surface area contributed by atoms with Crippen LogP contribution < -0.4 is 15.8 Å². The fourth-order valence-corrected chi connectivity index (χ4v) is 3.09. The van der Waals surface area contributed by atoms with E-state index < -0.39 is 10.0 Å². The number of anilines is 1. The molecule has 1 amide bonds. The monoisotopic (exact) mass is 378 g/mol. The Morgan fingerprint density at radius 3 is 2.81 bits per heavy atom. The Balaban J connectivity index is 2.62. The normalized spacial score (nSPS) is 12.9. The van der Waals surface area contributed by atoms with E-state index in [1.165, 1.54) is 12.3 Å². The summed E-state index contributed by atoms with van der Waals surface area (Å²) in [6, 6.07) is 1.43. The third-order valence-corrected chi connectivity index (χ3v) is 4.73. The first-order chi connectivity index (χ1) is 9.76. The van der Waals surface area contributed by atoms with Crippen LogP contribution in [0.3, 0.4) is 0 Å². The highest BCUT2D eigenvalue weighted by molar-refractivity contribution is 9.10. The van der Waals surface area contributed by atoms with Crippen molar-refractivity contribution in [2.75, 3.05) is 12.3 Å². The van der Waals surface area contributed by atoms with Crippen LogP contribution >= 0.6 is 15.9 Å². The lowest BCUT2D eigenvalue weighted by Gasteiger charge is -2.12. The Bertz CT molecular complexity index is 607. The molecule has 0 bridgehead atoms.